The average Bonchev–Trinajstić information content (AvgIpc) is 4.10. The van der Waals surface area contributed by atoms with E-state index in [1.807, 2.05) is 84.9 Å². The first-order valence-electron chi connectivity index (χ1n) is 20.2. The van der Waals surface area contributed by atoms with E-state index in [2.05, 4.69) is 36.4 Å². The Hall–Kier alpha value is -8.18. The number of nitro groups is 1. The molecule has 1 aliphatic heterocycles. The first-order valence-corrected chi connectivity index (χ1v) is 20.2. The van der Waals surface area contributed by atoms with Gasteiger partial charge >= 0.3 is 17.8 Å². The van der Waals surface area contributed by atoms with Gasteiger partial charge in [0, 0.05) is 6.07 Å². The SMILES string of the molecule is FC(F)(F)C1=C2C=CC(=C1)C2.O=C(O)c1ccccc1Oc1ccc(C2(c3ccc(Oc4ccccc4[N+](=O)[O-])cc3)c3ccccc3-c3ccccc32)cc1.c1cc2cc(c1)OC2. The number of alkyl halides is 3. The summed E-state index contributed by atoms with van der Waals surface area (Å²) in [5.41, 5.74) is 7.75. The summed E-state index contributed by atoms with van der Waals surface area (Å²) in [4.78, 5) is 22.8. The fourth-order valence-electron chi connectivity index (χ4n) is 8.51. The Morgan fingerprint density at radius 1 is 0.672 bits per heavy atom. The standard InChI is InChI=1S/C38H25NO6.C8H5F3.C7H6O/c40-37(41)31-11-3-7-15-35(31)44-27-21-17-25(18-22-27)38(32-12-4-1-9-29(32)30-10-2-5-13-33(30)38)26-19-23-28(24-20-26)45-36-16-8-6-14-34(36)39(42)43;9-8(10,11)7-4-5-1-2-6(7)3-5;1-2-6-4-7(3-1)8-5-6/h1-24H,(H,40,41);1-2,4H,3H2;1-4H,5H2. The number of nitro benzene ring substituents is 1. The van der Waals surface area contributed by atoms with Crippen LogP contribution in [-0.2, 0) is 12.0 Å². The molecule has 0 radical (unpaired) electrons. The number of aromatic carboxylic acids is 1. The van der Waals surface area contributed by atoms with Crippen molar-refractivity contribution in [2.45, 2.75) is 24.6 Å². The van der Waals surface area contributed by atoms with Crippen molar-refractivity contribution in [2.24, 2.45) is 0 Å². The van der Waals surface area contributed by atoms with Crippen molar-refractivity contribution in [3.05, 3.63) is 248 Å². The minimum Gasteiger partial charge on any atom is -0.489 e. The molecular formula is C53H36F3NO7. The second-order valence-electron chi connectivity index (χ2n) is 15.2. The fourth-order valence-corrected chi connectivity index (χ4v) is 8.51. The number of carbonyl (C=O) groups is 1. The molecule has 8 nitrogen and oxygen atoms in total. The maximum absolute atomic E-state index is 12.1. The number of para-hydroxylation sites is 3. The number of carboxylic acids is 1. The smallest absolute Gasteiger partial charge is 0.416 e. The van der Waals surface area contributed by atoms with Crippen molar-refractivity contribution in [3.63, 3.8) is 0 Å². The predicted molar refractivity (Wildman–Crippen MR) is 236 cm³/mol. The van der Waals surface area contributed by atoms with Crippen molar-refractivity contribution in [2.75, 3.05) is 0 Å². The van der Waals surface area contributed by atoms with Crippen LogP contribution >= 0.6 is 0 Å². The molecule has 11 heteroatoms. The van der Waals surface area contributed by atoms with Crippen LogP contribution in [0.15, 0.2) is 205 Å². The largest absolute Gasteiger partial charge is 0.489 e. The van der Waals surface area contributed by atoms with Gasteiger partial charge in [-0.2, -0.15) is 13.2 Å². The third-order valence-corrected chi connectivity index (χ3v) is 11.3. The molecule has 0 saturated heterocycles. The highest BCUT2D eigenvalue weighted by Crippen LogP contribution is 2.56. The van der Waals surface area contributed by atoms with E-state index in [0.29, 0.717) is 23.5 Å². The van der Waals surface area contributed by atoms with Gasteiger partial charge in [-0.25, -0.2) is 4.79 Å². The summed E-state index contributed by atoms with van der Waals surface area (Å²) in [5.74, 6) is 1.36. The number of hydrogen-bond donors (Lipinski definition) is 1. The van der Waals surface area contributed by atoms with Crippen molar-refractivity contribution >= 4 is 11.7 Å². The number of benzene rings is 7. The molecule has 0 spiro atoms. The van der Waals surface area contributed by atoms with Crippen LogP contribution in [0, 0.1) is 10.1 Å². The molecule has 11 rings (SSSR count). The topological polar surface area (TPSA) is 108 Å². The highest BCUT2D eigenvalue weighted by atomic mass is 19.4. The second-order valence-corrected chi connectivity index (χ2v) is 15.2. The lowest BCUT2D eigenvalue weighted by Gasteiger charge is -2.34. The monoisotopic (exact) mass is 855 g/mol. The van der Waals surface area contributed by atoms with Gasteiger partial charge in [0.15, 0.2) is 0 Å². The third-order valence-electron chi connectivity index (χ3n) is 11.3. The molecule has 4 bridgehead atoms. The van der Waals surface area contributed by atoms with E-state index in [9.17, 15) is 33.2 Å². The van der Waals surface area contributed by atoms with Crippen molar-refractivity contribution in [1.82, 2.24) is 0 Å². The summed E-state index contributed by atoms with van der Waals surface area (Å²) in [6.45, 7) is 0.766. The lowest BCUT2D eigenvalue weighted by Crippen LogP contribution is -2.28. The summed E-state index contributed by atoms with van der Waals surface area (Å²) in [7, 11) is 0. The molecule has 0 atom stereocenters. The van der Waals surface area contributed by atoms with Gasteiger partial charge in [0.05, 0.1) is 15.9 Å². The van der Waals surface area contributed by atoms with Crippen LogP contribution in [0.25, 0.3) is 11.1 Å². The van der Waals surface area contributed by atoms with E-state index in [0.717, 1.165) is 51.3 Å². The van der Waals surface area contributed by atoms with Crippen LogP contribution in [0.3, 0.4) is 0 Å². The Labute approximate surface area is 365 Å². The fraction of sp³-hybridized carbons (Fsp3) is 0.0755. The quantitative estimate of drug-likeness (QED) is 0.120. The zero-order valence-corrected chi connectivity index (χ0v) is 33.8. The summed E-state index contributed by atoms with van der Waals surface area (Å²) < 4.78 is 53.4. The van der Waals surface area contributed by atoms with E-state index < -0.39 is 28.1 Å². The first-order chi connectivity index (χ1) is 31.0. The van der Waals surface area contributed by atoms with Gasteiger partial charge in [-0.3, -0.25) is 10.1 Å². The Morgan fingerprint density at radius 2 is 1.23 bits per heavy atom. The van der Waals surface area contributed by atoms with Crippen molar-refractivity contribution in [3.8, 4) is 39.9 Å². The first kappa shape index (κ1) is 41.2. The number of fused-ring (bicyclic) bond motifs is 7. The molecule has 0 aromatic heterocycles. The molecule has 4 aliphatic rings. The van der Waals surface area contributed by atoms with Crippen LogP contribution in [-0.4, -0.2) is 22.2 Å². The van der Waals surface area contributed by atoms with Crippen LogP contribution < -0.4 is 14.2 Å². The van der Waals surface area contributed by atoms with Gasteiger partial charge in [0.1, 0.15) is 35.2 Å². The number of carboxylic acid groups (broad SMARTS) is 1. The number of allylic oxidation sites excluding steroid dienone is 6. The molecule has 0 amide bonds. The van der Waals surface area contributed by atoms with E-state index in [1.54, 1.807) is 42.5 Å². The molecular weight excluding hydrogens is 820 g/mol. The summed E-state index contributed by atoms with van der Waals surface area (Å²) in [6, 6.07) is 53.0. The zero-order chi connectivity index (χ0) is 44.4. The molecule has 0 saturated carbocycles. The minimum absolute atomic E-state index is 0.0832. The number of ether oxygens (including phenoxy) is 3. The normalized spacial score (nSPS) is 14.2. The Kier molecular flexibility index (Phi) is 10.9. The van der Waals surface area contributed by atoms with Gasteiger partial charge in [-0.05, 0) is 117 Å². The lowest BCUT2D eigenvalue weighted by molar-refractivity contribution is -0.385. The van der Waals surface area contributed by atoms with Gasteiger partial charge in [-0.15, -0.1) is 0 Å². The maximum Gasteiger partial charge on any atom is 0.416 e. The second kappa shape index (κ2) is 16.9. The van der Waals surface area contributed by atoms with E-state index >= 15 is 0 Å². The Bertz CT molecular complexity index is 2850. The van der Waals surface area contributed by atoms with Crippen molar-refractivity contribution in [1.29, 1.82) is 0 Å². The Morgan fingerprint density at radius 3 is 1.75 bits per heavy atom. The van der Waals surface area contributed by atoms with Gasteiger partial charge in [0.2, 0.25) is 5.75 Å². The zero-order valence-electron chi connectivity index (χ0n) is 33.8. The van der Waals surface area contributed by atoms with E-state index in [4.69, 9.17) is 14.2 Å². The maximum atomic E-state index is 12.1. The predicted octanol–water partition coefficient (Wildman–Crippen LogP) is 13.6. The minimum atomic E-state index is -4.16. The molecule has 3 aliphatic carbocycles. The average molecular weight is 856 g/mol. The molecule has 0 fully saturated rings. The summed E-state index contributed by atoms with van der Waals surface area (Å²) in [6.07, 6.45) is 0.786. The van der Waals surface area contributed by atoms with Crippen LogP contribution in [0.4, 0.5) is 18.9 Å². The van der Waals surface area contributed by atoms with Crippen LogP contribution in [0.1, 0.15) is 44.6 Å². The van der Waals surface area contributed by atoms with E-state index in [1.165, 1.54) is 29.8 Å². The van der Waals surface area contributed by atoms with E-state index in [-0.39, 0.29) is 22.7 Å². The molecule has 0 unspecified atom stereocenters. The molecule has 64 heavy (non-hydrogen) atoms. The molecule has 316 valence electrons. The number of hydrogen-bond acceptors (Lipinski definition) is 6. The highest BCUT2D eigenvalue weighted by molar-refractivity contribution is 5.91. The molecule has 7 aromatic carbocycles. The highest BCUT2D eigenvalue weighted by Gasteiger charge is 2.46. The van der Waals surface area contributed by atoms with Gasteiger partial charge in [-0.1, -0.05) is 121 Å². The van der Waals surface area contributed by atoms with Crippen molar-refractivity contribution < 1.29 is 42.2 Å². The summed E-state index contributed by atoms with van der Waals surface area (Å²) >= 11 is 0. The molecule has 1 heterocycles. The molecule has 1 N–H and O–H groups in total. The Balaban J connectivity index is 0.000000221. The number of halogens is 3. The lowest BCUT2D eigenvalue weighted by atomic mass is 9.68. The van der Waals surface area contributed by atoms with Gasteiger partial charge in [0.25, 0.3) is 0 Å². The summed E-state index contributed by atoms with van der Waals surface area (Å²) in [5, 5.41) is 21.1. The number of rotatable bonds is 8. The van der Waals surface area contributed by atoms with Crippen LogP contribution in [0.2, 0.25) is 0 Å². The number of nitrogens with zero attached hydrogens (tertiary/aromatic N) is 1. The third kappa shape index (κ3) is 7.91. The van der Waals surface area contributed by atoms with Gasteiger partial charge < -0.3 is 19.3 Å². The molecule has 7 aromatic rings. The van der Waals surface area contributed by atoms with Crippen LogP contribution in [0.5, 0.6) is 28.7 Å².